The third-order valence-electron chi connectivity index (χ3n) is 2.93. The minimum atomic E-state index is -0.411. The smallest absolute Gasteiger partial charge is 0.276 e. The van der Waals surface area contributed by atoms with E-state index in [2.05, 4.69) is 4.98 Å². The van der Waals surface area contributed by atoms with Gasteiger partial charge in [0.2, 0.25) is 0 Å². The van der Waals surface area contributed by atoms with Gasteiger partial charge in [-0.2, -0.15) is 0 Å². The molecule has 2 aromatic rings. The van der Waals surface area contributed by atoms with Crippen molar-refractivity contribution >= 4 is 11.5 Å². The summed E-state index contributed by atoms with van der Waals surface area (Å²) in [4.78, 5) is 14.4. The van der Waals surface area contributed by atoms with Gasteiger partial charge in [-0.1, -0.05) is 0 Å². The maximum atomic E-state index is 10.9. The lowest BCUT2D eigenvalue weighted by molar-refractivity contribution is -0.385. The number of benzene rings is 1. The van der Waals surface area contributed by atoms with Gasteiger partial charge < -0.3 is 10.5 Å². The van der Waals surface area contributed by atoms with Gasteiger partial charge in [0, 0.05) is 11.8 Å². The minimum absolute atomic E-state index is 0.0554. The molecule has 0 aliphatic heterocycles. The summed E-state index contributed by atoms with van der Waals surface area (Å²) in [7, 11) is 0. The molecule has 0 aliphatic carbocycles. The van der Waals surface area contributed by atoms with Crippen LogP contribution in [0.2, 0.25) is 0 Å². The number of aromatic nitrogens is 1. The highest BCUT2D eigenvalue weighted by Crippen LogP contribution is 2.28. The van der Waals surface area contributed by atoms with Crippen LogP contribution in [-0.2, 0) is 6.61 Å². The highest BCUT2D eigenvalue weighted by atomic mass is 16.6. The fourth-order valence-corrected chi connectivity index (χ4v) is 1.92. The van der Waals surface area contributed by atoms with Crippen LogP contribution in [0.25, 0.3) is 0 Å². The third kappa shape index (κ3) is 3.03. The van der Waals surface area contributed by atoms with Crippen LogP contribution in [0.3, 0.4) is 0 Å². The number of nitrogens with two attached hydrogens (primary N) is 1. The Hall–Kier alpha value is -2.63. The predicted octanol–water partition coefficient (Wildman–Crippen LogP) is 2.77. The van der Waals surface area contributed by atoms with E-state index in [1.54, 1.807) is 31.3 Å². The van der Waals surface area contributed by atoms with Crippen molar-refractivity contribution in [2.24, 2.45) is 0 Å². The van der Waals surface area contributed by atoms with Crippen LogP contribution >= 0.6 is 0 Å². The van der Waals surface area contributed by atoms with E-state index in [0.29, 0.717) is 17.1 Å². The molecule has 0 radical (unpaired) electrons. The Morgan fingerprint density at radius 2 is 2.05 bits per heavy atom. The number of aryl methyl sites for hydroxylation is 2. The summed E-state index contributed by atoms with van der Waals surface area (Å²) in [5, 5.41) is 10.9. The topological polar surface area (TPSA) is 91.3 Å². The largest absolute Gasteiger partial charge is 0.488 e. The Morgan fingerprint density at radius 1 is 1.30 bits per heavy atom. The molecule has 1 heterocycles. The number of anilines is 1. The van der Waals surface area contributed by atoms with Crippen LogP contribution in [0.5, 0.6) is 5.75 Å². The van der Waals surface area contributed by atoms with Crippen LogP contribution < -0.4 is 10.5 Å². The number of nitro groups is 1. The Kier molecular flexibility index (Phi) is 3.84. The normalized spacial score (nSPS) is 10.3. The molecule has 104 valence electrons. The first-order valence-corrected chi connectivity index (χ1v) is 6.06. The molecule has 1 aromatic carbocycles. The number of nitrogen functional groups attached to an aromatic ring is 1. The van der Waals surface area contributed by atoms with Crippen molar-refractivity contribution in [3.05, 3.63) is 57.3 Å². The average molecular weight is 273 g/mol. The van der Waals surface area contributed by atoms with E-state index >= 15 is 0 Å². The lowest BCUT2D eigenvalue weighted by Gasteiger charge is -2.10. The van der Waals surface area contributed by atoms with Crippen molar-refractivity contribution < 1.29 is 9.66 Å². The molecule has 0 saturated carbocycles. The summed E-state index contributed by atoms with van der Waals surface area (Å²) in [6, 6.07) is 6.69. The van der Waals surface area contributed by atoms with Crippen molar-refractivity contribution in [1.29, 1.82) is 0 Å². The first-order chi connectivity index (χ1) is 9.47. The van der Waals surface area contributed by atoms with Gasteiger partial charge in [-0.15, -0.1) is 0 Å². The molecule has 2 rings (SSSR count). The molecule has 0 amide bonds. The van der Waals surface area contributed by atoms with Crippen molar-refractivity contribution in [2.75, 3.05) is 5.73 Å². The molecule has 1 aromatic heterocycles. The zero-order valence-electron chi connectivity index (χ0n) is 11.3. The lowest BCUT2D eigenvalue weighted by Crippen LogP contribution is -2.01. The summed E-state index contributed by atoms with van der Waals surface area (Å²) in [6.45, 7) is 3.85. The maximum Gasteiger partial charge on any atom is 0.276 e. The SMILES string of the molecule is Cc1cc(C)c([N+](=O)[O-])cc1OCc1ccnc(N)c1. The van der Waals surface area contributed by atoms with Gasteiger partial charge in [-0.05, 0) is 43.2 Å². The summed E-state index contributed by atoms with van der Waals surface area (Å²) in [5.41, 5.74) is 7.98. The zero-order chi connectivity index (χ0) is 14.7. The Bertz CT molecular complexity index is 656. The number of hydrogen-bond donors (Lipinski definition) is 1. The summed E-state index contributed by atoms with van der Waals surface area (Å²) in [5.74, 6) is 0.912. The second-order valence-corrected chi connectivity index (χ2v) is 4.54. The van der Waals surface area contributed by atoms with E-state index in [9.17, 15) is 10.1 Å². The Labute approximate surface area is 116 Å². The van der Waals surface area contributed by atoms with Crippen molar-refractivity contribution in [2.45, 2.75) is 20.5 Å². The molecule has 2 N–H and O–H groups in total. The van der Waals surface area contributed by atoms with Gasteiger partial charge >= 0.3 is 0 Å². The average Bonchev–Trinajstić information content (AvgIpc) is 2.37. The molecule has 0 saturated heterocycles. The highest BCUT2D eigenvalue weighted by Gasteiger charge is 2.14. The molecule has 0 aliphatic rings. The first-order valence-electron chi connectivity index (χ1n) is 6.06. The maximum absolute atomic E-state index is 10.9. The van der Waals surface area contributed by atoms with Crippen molar-refractivity contribution in [3.63, 3.8) is 0 Å². The Morgan fingerprint density at radius 3 is 2.70 bits per heavy atom. The number of nitrogens with zero attached hydrogens (tertiary/aromatic N) is 2. The van der Waals surface area contributed by atoms with Gasteiger partial charge in [-0.3, -0.25) is 10.1 Å². The molecule has 0 unspecified atom stereocenters. The number of ether oxygens (including phenoxy) is 1. The third-order valence-corrected chi connectivity index (χ3v) is 2.93. The van der Waals surface area contributed by atoms with E-state index < -0.39 is 4.92 Å². The minimum Gasteiger partial charge on any atom is -0.488 e. The van der Waals surface area contributed by atoms with Crippen LogP contribution in [-0.4, -0.2) is 9.91 Å². The van der Waals surface area contributed by atoms with Gasteiger partial charge in [0.25, 0.3) is 5.69 Å². The Balaban J connectivity index is 2.21. The van der Waals surface area contributed by atoms with E-state index in [0.717, 1.165) is 11.1 Å². The van der Waals surface area contributed by atoms with E-state index in [1.165, 1.54) is 6.07 Å². The molecule has 20 heavy (non-hydrogen) atoms. The molecule has 0 bridgehead atoms. The van der Waals surface area contributed by atoms with Crippen LogP contribution in [0, 0.1) is 24.0 Å². The summed E-state index contributed by atoms with van der Waals surface area (Å²) >= 11 is 0. The molecule has 0 fully saturated rings. The number of pyridine rings is 1. The second kappa shape index (κ2) is 5.56. The monoisotopic (exact) mass is 273 g/mol. The van der Waals surface area contributed by atoms with Gasteiger partial charge in [0.05, 0.1) is 11.0 Å². The first kappa shape index (κ1) is 13.8. The number of rotatable bonds is 4. The fourth-order valence-electron chi connectivity index (χ4n) is 1.92. The quantitative estimate of drug-likeness (QED) is 0.683. The molecule has 0 spiro atoms. The summed E-state index contributed by atoms with van der Waals surface area (Å²) in [6.07, 6.45) is 1.60. The molecule has 0 atom stereocenters. The highest BCUT2D eigenvalue weighted by molar-refractivity contribution is 5.49. The number of hydrogen-bond acceptors (Lipinski definition) is 5. The van der Waals surface area contributed by atoms with E-state index in [-0.39, 0.29) is 12.3 Å². The standard InChI is InChI=1S/C14H15N3O3/c1-9-5-10(2)13(7-12(9)17(18)19)20-8-11-3-4-16-14(15)6-11/h3-7H,8H2,1-2H3,(H2,15,16). The van der Waals surface area contributed by atoms with Crippen LogP contribution in [0.1, 0.15) is 16.7 Å². The van der Waals surface area contributed by atoms with Crippen LogP contribution in [0.15, 0.2) is 30.5 Å². The van der Waals surface area contributed by atoms with Gasteiger partial charge in [0.1, 0.15) is 18.2 Å². The van der Waals surface area contributed by atoms with Crippen molar-refractivity contribution in [3.8, 4) is 5.75 Å². The fraction of sp³-hybridized carbons (Fsp3) is 0.214. The van der Waals surface area contributed by atoms with Crippen molar-refractivity contribution in [1.82, 2.24) is 4.98 Å². The molecule has 6 nitrogen and oxygen atoms in total. The molecular weight excluding hydrogens is 258 g/mol. The van der Waals surface area contributed by atoms with Gasteiger partial charge in [0.15, 0.2) is 0 Å². The summed E-state index contributed by atoms with van der Waals surface area (Å²) < 4.78 is 5.64. The van der Waals surface area contributed by atoms with E-state index in [1.807, 2.05) is 6.92 Å². The van der Waals surface area contributed by atoms with E-state index in [4.69, 9.17) is 10.5 Å². The predicted molar refractivity (Wildman–Crippen MR) is 75.6 cm³/mol. The zero-order valence-corrected chi connectivity index (χ0v) is 11.3. The number of nitro benzene ring substituents is 1. The molecular formula is C14H15N3O3. The van der Waals surface area contributed by atoms with Crippen LogP contribution in [0.4, 0.5) is 11.5 Å². The second-order valence-electron chi connectivity index (χ2n) is 4.54. The van der Waals surface area contributed by atoms with Gasteiger partial charge in [-0.25, -0.2) is 4.98 Å². The molecule has 6 heteroatoms. The lowest BCUT2D eigenvalue weighted by atomic mass is 10.1.